The van der Waals surface area contributed by atoms with Gasteiger partial charge >= 0.3 is 12.0 Å². The Balaban J connectivity index is 1.39. The maximum absolute atomic E-state index is 13.3. The number of allylic oxidation sites excluding steroid dienone is 2. The van der Waals surface area contributed by atoms with Crippen molar-refractivity contribution in [2.24, 2.45) is 5.92 Å². The van der Waals surface area contributed by atoms with E-state index in [0.29, 0.717) is 38.2 Å². The van der Waals surface area contributed by atoms with Gasteiger partial charge in [0.05, 0.1) is 11.7 Å². The number of carbonyl (C=O) groups excluding carboxylic acids is 2. The van der Waals surface area contributed by atoms with Crippen LogP contribution in [0.4, 0.5) is 4.79 Å². The van der Waals surface area contributed by atoms with Crippen molar-refractivity contribution in [3.8, 4) is 0 Å². The van der Waals surface area contributed by atoms with Crippen LogP contribution in [-0.4, -0.2) is 91.1 Å². The third-order valence-corrected chi connectivity index (χ3v) is 9.73. The molecule has 2 atom stereocenters. The largest absolute Gasteiger partial charge is 0.477 e. The van der Waals surface area contributed by atoms with Crippen LogP contribution >= 0.6 is 11.6 Å². The number of sulfonamides is 1. The lowest BCUT2D eigenvalue weighted by Gasteiger charge is -2.46. The Bertz CT molecular complexity index is 1360. The molecule has 2 unspecified atom stereocenters. The topological polar surface area (TPSA) is 139 Å². The van der Waals surface area contributed by atoms with Gasteiger partial charge in [-0.15, -0.1) is 0 Å². The van der Waals surface area contributed by atoms with Gasteiger partial charge in [0.2, 0.25) is 5.91 Å². The molecule has 2 saturated heterocycles. The van der Waals surface area contributed by atoms with Crippen molar-refractivity contribution in [2.45, 2.75) is 43.2 Å². The summed E-state index contributed by atoms with van der Waals surface area (Å²) in [5, 5.41) is 12.1. The maximum Gasteiger partial charge on any atom is 0.352 e. The van der Waals surface area contributed by atoms with E-state index in [4.69, 9.17) is 11.6 Å². The summed E-state index contributed by atoms with van der Waals surface area (Å²) in [6.45, 7) is 4.65. The van der Waals surface area contributed by atoms with Gasteiger partial charge < -0.3 is 20.2 Å². The van der Waals surface area contributed by atoms with E-state index in [9.17, 15) is 27.9 Å². The first-order valence-electron chi connectivity index (χ1n) is 13.0. The lowest BCUT2D eigenvalue weighted by Crippen LogP contribution is -2.60. The predicted molar refractivity (Wildman–Crippen MR) is 150 cm³/mol. The molecule has 3 aliphatic rings. The number of aryl methyl sites for hydroxylation is 1. The smallest absolute Gasteiger partial charge is 0.352 e. The fraction of sp³-hybridized carbons (Fsp3) is 0.444. The number of rotatable bonds is 7. The van der Waals surface area contributed by atoms with Gasteiger partial charge in [-0.05, 0) is 43.4 Å². The zero-order valence-corrected chi connectivity index (χ0v) is 24.2. The fourth-order valence-corrected chi connectivity index (χ4v) is 7.54. The fourth-order valence-electron chi connectivity index (χ4n) is 5.64. The van der Waals surface area contributed by atoms with E-state index in [-0.39, 0.29) is 34.3 Å². The van der Waals surface area contributed by atoms with E-state index in [1.54, 1.807) is 35.9 Å². The summed E-state index contributed by atoms with van der Waals surface area (Å²) in [5.41, 5.74) is -0.945. The van der Waals surface area contributed by atoms with E-state index in [2.05, 4.69) is 34.0 Å². The van der Waals surface area contributed by atoms with Crippen molar-refractivity contribution in [3.63, 3.8) is 0 Å². The molecule has 1 spiro atoms. The Labute approximate surface area is 239 Å². The first-order valence-corrected chi connectivity index (χ1v) is 14.8. The molecule has 4 rings (SSSR count). The number of nitrogens with zero attached hydrogens (tertiary/aromatic N) is 3. The number of piperidine rings is 1. The number of urea groups is 1. The number of benzene rings is 1. The van der Waals surface area contributed by atoms with Crippen LogP contribution in [0.3, 0.4) is 0 Å². The number of likely N-dealkylation sites (N-methyl/N-ethyl adjacent to an activating group) is 1. The van der Waals surface area contributed by atoms with Gasteiger partial charge in [-0.2, -0.15) is 0 Å². The average Bonchev–Trinajstić information content (AvgIpc) is 3.13. The molecule has 13 heteroatoms. The number of likely N-dealkylation sites (tertiary alicyclic amines) is 1. The minimum absolute atomic E-state index is 0.0376. The zero-order valence-electron chi connectivity index (χ0n) is 22.6. The molecule has 216 valence electrons. The first kappa shape index (κ1) is 29.6. The summed E-state index contributed by atoms with van der Waals surface area (Å²) in [6.07, 6.45) is 10.3. The zero-order chi connectivity index (χ0) is 29.2. The molecule has 3 amide bonds. The molecule has 2 aliphatic heterocycles. The highest BCUT2D eigenvalue weighted by atomic mass is 35.5. The highest BCUT2D eigenvalue weighted by molar-refractivity contribution is 7.89. The number of hydrogen-bond acceptors (Lipinski definition) is 6. The van der Waals surface area contributed by atoms with E-state index >= 15 is 0 Å². The minimum atomic E-state index is -4.28. The van der Waals surface area contributed by atoms with Crippen molar-refractivity contribution in [2.75, 3.05) is 33.4 Å². The Morgan fingerprint density at radius 1 is 1.20 bits per heavy atom. The summed E-state index contributed by atoms with van der Waals surface area (Å²) in [5.74, 6) is -1.21. The molecule has 0 bridgehead atoms. The van der Waals surface area contributed by atoms with Crippen LogP contribution in [0.2, 0.25) is 5.02 Å². The molecular weight excluding hydrogens is 558 g/mol. The third-order valence-electron chi connectivity index (χ3n) is 7.74. The number of carbonyl (C=O) groups is 3. The SMILES string of the molecule is Cc1cccc(Cl)c1S(=O)(=O)NC(=CCNC(=O)N1CCC2(CC1)C(=O)N(C)CN2C1C=CC=CC1C)C(=O)O. The van der Waals surface area contributed by atoms with Gasteiger partial charge in [0.25, 0.3) is 10.0 Å². The van der Waals surface area contributed by atoms with Gasteiger partial charge in [0.15, 0.2) is 0 Å². The first-order chi connectivity index (χ1) is 18.9. The Kier molecular flexibility index (Phi) is 8.62. The van der Waals surface area contributed by atoms with Crippen molar-refractivity contribution in [1.29, 1.82) is 0 Å². The van der Waals surface area contributed by atoms with Crippen LogP contribution in [0, 0.1) is 12.8 Å². The van der Waals surface area contributed by atoms with Crippen LogP contribution in [0.1, 0.15) is 25.3 Å². The Morgan fingerprint density at radius 2 is 1.88 bits per heavy atom. The van der Waals surface area contributed by atoms with Crippen LogP contribution in [-0.2, 0) is 19.6 Å². The quantitative estimate of drug-likeness (QED) is 0.413. The molecule has 0 aromatic heterocycles. The monoisotopic (exact) mass is 591 g/mol. The molecule has 1 aliphatic carbocycles. The summed E-state index contributed by atoms with van der Waals surface area (Å²) < 4.78 is 27.7. The number of aliphatic carboxylic acids is 1. The van der Waals surface area contributed by atoms with Crippen LogP contribution in [0.25, 0.3) is 0 Å². The number of carboxylic acids is 1. The average molecular weight is 592 g/mol. The van der Waals surface area contributed by atoms with Crippen molar-refractivity contribution >= 4 is 39.5 Å². The number of halogens is 1. The van der Waals surface area contributed by atoms with E-state index in [1.807, 2.05) is 12.2 Å². The molecule has 1 aromatic carbocycles. The second-order valence-corrected chi connectivity index (χ2v) is 12.4. The molecule has 1 aromatic rings. The van der Waals surface area contributed by atoms with Gasteiger partial charge in [-0.25, -0.2) is 18.0 Å². The highest BCUT2D eigenvalue weighted by Gasteiger charge is 2.55. The normalized spacial score (nSPS) is 23.1. The molecule has 0 radical (unpaired) electrons. The van der Waals surface area contributed by atoms with Crippen molar-refractivity contribution in [1.82, 2.24) is 24.7 Å². The molecule has 11 nitrogen and oxygen atoms in total. The van der Waals surface area contributed by atoms with E-state index < -0.39 is 33.3 Å². The van der Waals surface area contributed by atoms with Crippen molar-refractivity contribution in [3.05, 3.63) is 64.9 Å². The third kappa shape index (κ3) is 5.74. The number of amides is 3. The van der Waals surface area contributed by atoms with E-state index in [0.717, 1.165) is 6.08 Å². The minimum Gasteiger partial charge on any atom is -0.477 e. The van der Waals surface area contributed by atoms with E-state index in [1.165, 1.54) is 6.07 Å². The lowest BCUT2D eigenvalue weighted by molar-refractivity contribution is -0.135. The number of carboxylic acid groups (broad SMARTS) is 1. The van der Waals surface area contributed by atoms with Gasteiger partial charge in [0, 0.05) is 32.7 Å². The van der Waals surface area contributed by atoms with Crippen LogP contribution in [0.5, 0.6) is 0 Å². The summed E-state index contributed by atoms with van der Waals surface area (Å²) in [6, 6.07) is 4.19. The number of hydrogen-bond donors (Lipinski definition) is 3. The van der Waals surface area contributed by atoms with Crippen LogP contribution < -0.4 is 10.0 Å². The molecule has 2 heterocycles. The van der Waals surface area contributed by atoms with Gasteiger partial charge in [0.1, 0.15) is 16.1 Å². The second kappa shape index (κ2) is 11.6. The van der Waals surface area contributed by atoms with Gasteiger partial charge in [-0.3, -0.25) is 14.4 Å². The summed E-state index contributed by atoms with van der Waals surface area (Å²) in [7, 11) is -2.49. The molecule has 40 heavy (non-hydrogen) atoms. The molecule has 3 N–H and O–H groups in total. The Morgan fingerprint density at radius 3 is 2.50 bits per heavy atom. The summed E-state index contributed by atoms with van der Waals surface area (Å²) >= 11 is 6.05. The lowest BCUT2D eigenvalue weighted by atomic mass is 9.82. The van der Waals surface area contributed by atoms with Gasteiger partial charge in [-0.1, -0.05) is 55.0 Å². The summed E-state index contributed by atoms with van der Waals surface area (Å²) in [4.78, 5) is 43.2. The number of nitrogens with one attached hydrogen (secondary N) is 2. The molecular formula is C27H34ClN5O6S. The highest BCUT2D eigenvalue weighted by Crippen LogP contribution is 2.39. The predicted octanol–water partition coefficient (Wildman–Crippen LogP) is 2.30. The van der Waals surface area contributed by atoms with Crippen molar-refractivity contribution < 1.29 is 27.9 Å². The molecule has 2 fully saturated rings. The standard InChI is InChI=1S/C27H34ClN5O6S/c1-18-7-4-5-10-22(18)33-17-31(3)25(36)27(33)12-15-32(16-13-27)26(37)29-14-11-21(24(34)35)30-40(38,39)23-19(2)8-6-9-20(23)28/h4-11,18,22,30H,12-17H2,1-3H3,(H,29,37)(H,34,35). The molecule has 0 saturated carbocycles. The maximum atomic E-state index is 13.3. The van der Waals surface area contributed by atoms with Crippen LogP contribution in [0.15, 0.2) is 59.2 Å². The Hall–Kier alpha value is -3.35. The second-order valence-electron chi connectivity index (χ2n) is 10.4.